The third kappa shape index (κ3) is 2.93. The quantitative estimate of drug-likeness (QED) is 0.520. The standard InChI is InChI=1S/C22H34O4/c1-12-7-6-8-22(5)21-18-16(14(3)11-24-22)10-13(2)20(25-15(4)23)19(18)17(9-12)26-21/h7,13-14,16-21H,6,8-11H2,1-5H3/b12-7+/t13-,14+,16+,17-,18+,19+,20-,21-,22+/m1/s1. The minimum atomic E-state index is -0.247. The van der Waals surface area contributed by atoms with Crippen LogP contribution in [0.15, 0.2) is 11.6 Å². The van der Waals surface area contributed by atoms with Crippen LogP contribution in [0.4, 0.5) is 0 Å². The molecule has 0 spiro atoms. The fraction of sp³-hybridized carbons (Fsp3) is 0.864. The first-order valence-corrected chi connectivity index (χ1v) is 10.4. The molecule has 146 valence electrons. The number of fused-ring (bicyclic) bond motifs is 2. The predicted molar refractivity (Wildman–Crippen MR) is 99.6 cm³/mol. The van der Waals surface area contributed by atoms with E-state index in [-0.39, 0.29) is 35.8 Å². The van der Waals surface area contributed by atoms with Crippen molar-refractivity contribution in [3.63, 3.8) is 0 Å². The Morgan fingerprint density at radius 2 is 2.04 bits per heavy atom. The Morgan fingerprint density at radius 1 is 1.27 bits per heavy atom. The number of carbonyl (C=O) groups is 1. The zero-order valence-electron chi connectivity index (χ0n) is 16.9. The van der Waals surface area contributed by atoms with Gasteiger partial charge in [-0.05, 0) is 63.2 Å². The smallest absolute Gasteiger partial charge is 0.302 e. The van der Waals surface area contributed by atoms with E-state index in [4.69, 9.17) is 14.2 Å². The summed E-state index contributed by atoms with van der Waals surface area (Å²) >= 11 is 0. The van der Waals surface area contributed by atoms with Crippen molar-refractivity contribution in [2.24, 2.45) is 29.6 Å². The summed E-state index contributed by atoms with van der Waals surface area (Å²) in [6.07, 6.45) is 6.64. The van der Waals surface area contributed by atoms with E-state index in [9.17, 15) is 4.79 Å². The number of ether oxygens (including phenoxy) is 3. The highest BCUT2D eigenvalue weighted by atomic mass is 16.6. The van der Waals surface area contributed by atoms with Crippen LogP contribution in [-0.4, -0.2) is 36.5 Å². The molecule has 4 rings (SSSR count). The lowest BCUT2D eigenvalue weighted by atomic mass is 9.59. The molecule has 2 bridgehead atoms. The number of carbonyl (C=O) groups excluding carboxylic acids is 1. The summed E-state index contributed by atoms with van der Waals surface area (Å²) in [5.74, 6) is 2.01. The van der Waals surface area contributed by atoms with E-state index in [0.717, 1.165) is 32.3 Å². The number of rotatable bonds is 1. The summed E-state index contributed by atoms with van der Waals surface area (Å²) in [6.45, 7) is 11.4. The summed E-state index contributed by atoms with van der Waals surface area (Å²) < 4.78 is 19.2. The van der Waals surface area contributed by atoms with E-state index in [0.29, 0.717) is 23.7 Å². The van der Waals surface area contributed by atoms with Gasteiger partial charge in [0.2, 0.25) is 0 Å². The Labute approximate surface area is 157 Å². The van der Waals surface area contributed by atoms with Crippen LogP contribution in [0, 0.1) is 29.6 Å². The predicted octanol–water partition coefficient (Wildman–Crippen LogP) is 4.13. The maximum atomic E-state index is 11.8. The van der Waals surface area contributed by atoms with Gasteiger partial charge in [-0.15, -0.1) is 0 Å². The highest BCUT2D eigenvalue weighted by Crippen LogP contribution is 2.57. The van der Waals surface area contributed by atoms with E-state index in [2.05, 4.69) is 33.8 Å². The van der Waals surface area contributed by atoms with Gasteiger partial charge in [0.25, 0.3) is 0 Å². The maximum Gasteiger partial charge on any atom is 0.302 e. The van der Waals surface area contributed by atoms with Crippen molar-refractivity contribution in [2.45, 2.75) is 84.2 Å². The molecule has 4 aliphatic rings. The van der Waals surface area contributed by atoms with Crippen molar-refractivity contribution in [1.29, 1.82) is 0 Å². The lowest BCUT2D eigenvalue weighted by Crippen LogP contribution is -2.51. The summed E-state index contributed by atoms with van der Waals surface area (Å²) in [7, 11) is 0. The van der Waals surface area contributed by atoms with E-state index < -0.39 is 0 Å². The number of hydrogen-bond acceptors (Lipinski definition) is 4. The molecule has 9 atom stereocenters. The molecule has 1 saturated carbocycles. The van der Waals surface area contributed by atoms with Gasteiger partial charge in [-0.2, -0.15) is 0 Å². The Bertz CT molecular complexity index is 599. The van der Waals surface area contributed by atoms with Gasteiger partial charge in [-0.1, -0.05) is 25.5 Å². The van der Waals surface area contributed by atoms with Gasteiger partial charge in [-0.3, -0.25) is 4.79 Å². The van der Waals surface area contributed by atoms with Crippen LogP contribution in [0.2, 0.25) is 0 Å². The topological polar surface area (TPSA) is 44.8 Å². The average molecular weight is 363 g/mol. The zero-order valence-corrected chi connectivity index (χ0v) is 16.9. The van der Waals surface area contributed by atoms with Crippen LogP contribution in [0.1, 0.15) is 60.3 Å². The van der Waals surface area contributed by atoms with E-state index >= 15 is 0 Å². The summed E-state index contributed by atoms with van der Waals surface area (Å²) in [6, 6.07) is 0. The van der Waals surface area contributed by atoms with Crippen LogP contribution in [0.3, 0.4) is 0 Å². The molecule has 4 heteroatoms. The lowest BCUT2D eigenvalue weighted by Gasteiger charge is -2.46. The second kappa shape index (κ2) is 6.63. The molecular formula is C22H34O4. The summed E-state index contributed by atoms with van der Waals surface area (Å²) in [5, 5.41) is 0. The molecule has 3 heterocycles. The van der Waals surface area contributed by atoms with Gasteiger partial charge in [-0.25, -0.2) is 0 Å². The van der Waals surface area contributed by atoms with Gasteiger partial charge in [0, 0.05) is 12.8 Å². The molecule has 0 radical (unpaired) electrons. The molecule has 0 N–H and O–H groups in total. The molecule has 0 amide bonds. The molecule has 0 aromatic heterocycles. The molecule has 1 aliphatic carbocycles. The normalized spacial score (nSPS) is 52.7. The van der Waals surface area contributed by atoms with Crippen LogP contribution < -0.4 is 0 Å². The maximum absolute atomic E-state index is 11.8. The second-order valence-corrected chi connectivity index (χ2v) is 9.59. The molecular weight excluding hydrogens is 328 g/mol. The van der Waals surface area contributed by atoms with E-state index in [1.54, 1.807) is 6.92 Å². The molecule has 0 aromatic rings. The van der Waals surface area contributed by atoms with Crippen molar-refractivity contribution >= 4 is 5.97 Å². The minimum Gasteiger partial charge on any atom is -0.462 e. The van der Waals surface area contributed by atoms with Gasteiger partial charge < -0.3 is 14.2 Å². The monoisotopic (exact) mass is 362 g/mol. The largest absolute Gasteiger partial charge is 0.462 e. The van der Waals surface area contributed by atoms with Crippen LogP contribution in [0.5, 0.6) is 0 Å². The average Bonchev–Trinajstić information content (AvgIpc) is 2.92. The Hall–Kier alpha value is -0.870. The van der Waals surface area contributed by atoms with Crippen molar-refractivity contribution in [3.8, 4) is 0 Å². The number of hydrogen-bond donors (Lipinski definition) is 0. The van der Waals surface area contributed by atoms with Gasteiger partial charge in [0.15, 0.2) is 0 Å². The first kappa shape index (κ1) is 18.5. The Kier molecular flexibility index (Phi) is 4.71. The molecule has 4 nitrogen and oxygen atoms in total. The SMILES string of the molecule is CC(=O)O[C@H]1[C@@H]2[C@@H]3[C@@H](C[C@H]1C)[C@@H](C)CO[C@@]1(C)CC/C=C(\C)C[C@H]2O[C@H]31. The molecule has 0 aromatic carbocycles. The highest BCUT2D eigenvalue weighted by molar-refractivity contribution is 5.66. The van der Waals surface area contributed by atoms with Crippen molar-refractivity contribution in [1.82, 2.24) is 0 Å². The van der Waals surface area contributed by atoms with Gasteiger partial charge >= 0.3 is 5.97 Å². The molecule has 3 fully saturated rings. The summed E-state index contributed by atoms with van der Waals surface area (Å²) in [5.41, 5.74) is 1.14. The van der Waals surface area contributed by atoms with Crippen molar-refractivity contribution in [3.05, 3.63) is 11.6 Å². The molecule has 3 aliphatic heterocycles. The fourth-order valence-electron chi connectivity index (χ4n) is 6.34. The lowest BCUT2D eigenvalue weighted by molar-refractivity contribution is -0.160. The second-order valence-electron chi connectivity index (χ2n) is 9.59. The number of esters is 1. The number of allylic oxidation sites excluding steroid dienone is 1. The minimum absolute atomic E-state index is 0.0365. The third-order valence-electron chi connectivity index (χ3n) is 7.59. The highest BCUT2D eigenvalue weighted by Gasteiger charge is 2.62. The Balaban J connectivity index is 1.79. The molecule has 26 heavy (non-hydrogen) atoms. The first-order valence-electron chi connectivity index (χ1n) is 10.4. The molecule has 2 saturated heterocycles. The van der Waals surface area contributed by atoms with Crippen molar-refractivity contribution in [2.75, 3.05) is 6.61 Å². The molecule has 0 unspecified atom stereocenters. The van der Waals surface area contributed by atoms with Crippen LogP contribution >= 0.6 is 0 Å². The summed E-state index contributed by atoms with van der Waals surface area (Å²) in [4.78, 5) is 11.8. The third-order valence-corrected chi connectivity index (χ3v) is 7.59. The fourth-order valence-corrected chi connectivity index (χ4v) is 6.34. The Morgan fingerprint density at radius 3 is 2.77 bits per heavy atom. The van der Waals surface area contributed by atoms with Crippen LogP contribution in [-0.2, 0) is 19.0 Å². The van der Waals surface area contributed by atoms with Gasteiger partial charge in [0.05, 0.1) is 24.4 Å². The van der Waals surface area contributed by atoms with E-state index in [1.165, 1.54) is 5.57 Å². The van der Waals surface area contributed by atoms with E-state index in [1.807, 2.05) is 0 Å². The van der Waals surface area contributed by atoms with Crippen LogP contribution in [0.25, 0.3) is 0 Å². The van der Waals surface area contributed by atoms with Crippen molar-refractivity contribution < 1.29 is 19.0 Å². The van der Waals surface area contributed by atoms with Gasteiger partial charge in [0.1, 0.15) is 6.10 Å². The first-order chi connectivity index (χ1) is 12.3. The zero-order chi connectivity index (χ0) is 18.6.